The summed E-state index contributed by atoms with van der Waals surface area (Å²) in [7, 11) is -3.39. The molecule has 1 heterocycles. The third-order valence-corrected chi connectivity index (χ3v) is 6.40. The zero-order chi connectivity index (χ0) is 14.1. The van der Waals surface area contributed by atoms with Crippen molar-refractivity contribution in [2.45, 2.75) is 45.6 Å². The predicted octanol–water partition coefficient (Wildman–Crippen LogP) is 3.87. The first-order valence-corrected chi connectivity index (χ1v) is 8.99. The molecule has 1 aromatic heterocycles. The van der Waals surface area contributed by atoms with Gasteiger partial charge in [-0.15, -0.1) is 11.3 Å². The predicted molar refractivity (Wildman–Crippen MR) is 80.6 cm³/mol. The highest BCUT2D eigenvalue weighted by molar-refractivity contribution is 9.11. The van der Waals surface area contributed by atoms with Crippen LogP contribution < -0.4 is 0 Å². The van der Waals surface area contributed by atoms with E-state index in [1.54, 1.807) is 10.4 Å². The molecule has 0 amide bonds. The molecular weight excluding hydrogens is 334 g/mol. The summed E-state index contributed by atoms with van der Waals surface area (Å²) in [6, 6.07) is 1.67. The van der Waals surface area contributed by atoms with Crippen molar-refractivity contribution < 1.29 is 8.42 Å². The molecule has 0 atom stereocenters. The molecule has 0 aliphatic carbocycles. The van der Waals surface area contributed by atoms with Crippen LogP contribution in [-0.2, 0) is 10.0 Å². The van der Waals surface area contributed by atoms with Gasteiger partial charge < -0.3 is 0 Å². The van der Waals surface area contributed by atoms with E-state index < -0.39 is 10.0 Å². The second kappa shape index (κ2) is 6.03. The van der Waals surface area contributed by atoms with Gasteiger partial charge in [-0.25, -0.2) is 8.42 Å². The molecule has 0 bridgehead atoms. The summed E-state index contributed by atoms with van der Waals surface area (Å²) in [5.74, 6) is 0.310. The third kappa shape index (κ3) is 3.56. The van der Waals surface area contributed by atoms with Crippen LogP contribution in [0.2, 0.25) is 0 Å². The van der Waals surface area contributed by atoms with Gasteiger partial charge in [-0.2, -0.15) is 4.31 Å². The second-order valence-corrected chi connectivity index (χ2v) is 9.53. The van der Waals surface area contributed by atoms with E-state index in [0.29, 0.717) is 17.4 Å². The van der Waals surface area contributed by atoms with E-state index in [4.69, 9.17) is 0 Å². The fourth-order valence-electron chi connectivity index (χ4n) is 1.76. The van der Waals surface area contributed by atoms with Crippen LogP contribution >= 0.6 is 27.3 Å². The Balaban J connectivity index is 3.21. The molecule has 0 fully saturated rings. The molecule has 1 rings (SSSR count). The van der Waals surface area contributed by atoms with Crippen LogP contribution in [0.15, 0.2) is 14.7 Å². The maximum absolute atomic E-state index is 12.7. The van der Waals surface area contributed by atoms with Crippen molar-refractivity contribution in [3.8, 4) is 0 Å². The molecule has 0 saturated heterocycles. The number of thiophene rings is 1. The van der Waals surface area contributed by atoms with Crippen LogP contribution in [0.1, 0.15) is 32.6 Å². The molecule has 0 aromatic carbocycles. The van der Waals surface area contributed by atoms with E-state index in [2.05, 4.69) is 15.9 Å². The maximum atomic E-state index is 12.7. The van der Waals surface area contributed by atoms with Crippen LogP contribution in [0.3, 0.4) is 0 Å². The Morgan fingerprint density at radius 1 is 1.33 bits per heavy atom. The fourth-order valence-corrected chi connectivity index (χ4v) is 5.94. The van der Waals surface area contributed by atoms with Crippen molar-refractivity contribution in [2.24, 2.45) is 5.92 Å². The van der Waals surface area contributed by atoms with Crippen molar-refractivity contribution in [2.75, 3.05) is 6.54 Å². The Hall–Kier alpha value is 0.0900. The Morgan fingerprint density at radius 2 is 1.89 bits per heavy atom. The number of hydrogen-bond donors (Lipinski definition) is 0. The van der Waals surface area contributed by atoms with Gasteiger partial charge in [0.1, 0.15) is 0 Å². The lowest BCUT2D eigenvalue weighted by atomic mass is 10.2. The zero-order valence-corrected chi connectivity index (χ0v) is 14.6. The van der Waals surface area contributed by atoms with Gasteiger partial charge in [0.15, 0.2) is 0 Å². The van der Waals surface area contributed by atoms with Crippen LogP contribution in [0, 0.1) is 12.8 Å². The summed E-state index contributed by atoms with van der Waals surface area (Å²) in [5, 5.41) is 0. The monoisotopic (exact) mass is 353 g/mol. The molecule has 0 unspecified atom stereocenters. The molecule has 0 aliphatic rings. The van der Waals surface area contributed by atoms with Crippen LogP contribution in [0.25, 0.3) is 0 Å². The van der Waals surface area contributed by atoms with Gasteiger partial charge in [-0.1, -0.05) is 13.8 Å². The zero-order valence-electron chi connectivity index (χ0n) is 11.4. The number of halogens is 1. The van der Waals surface area contributed by atoms with Crippen molar-refractivity contribution in [1.29, 1.82) is 0 Å². The minimum absolute atomic E-state index is 0.0320. The Morgan fingerprint density at radius 3 is 2.22 bits per heavy atom. The summed E-state index contributed by atoms with van der Waals surface area (Å²) in [4.78, 5) is 1.25. The minimum Gasteiger partial charge on any atom is -0.207 e. The van der Waals surface area contributed by atoms with Gasteiger partial charge in [0.25, 0.3) is 0 Å². The molecule has 0 aliphatic heterocycles. The highest BCUT2D eigenvalue weighted by Crippen LogP contribution is 2.32. The molecule has 0 N–H and O–H groups in total. The van der Waals surface area contributed by atoms with Gasteiger partial charge in [0, 0.05) is 17.5 Å². The number of rotatable bonds is 5. The molecule has 0 saturated carbocycles. The standard InChI is InChI=1S/C12H20BrNO2S2/c1-8(2)7-14(9(3)4)18(15,16)11-6-12(13)17-10(11)5/h6,8-9H,7H2,1-5H3. The third-order valence-electron chi connectivity index (χ3n) is 2.55. The molecule has 1 aromatic rings. The van der Waals surface area contributed by atoms with Crippen molar-refractivity contribution in [3.63, 3.8) is 0 Å². The van der Waals surface area contributed by atoms with E-state index in [9.17, 15) is 8.42 Å². The molecular formula is C12H20BrNO2S2. The van der Waals surface area contributed by atoms with E-state index in [1.165, 1.54) is 11.3 Å². The molecule has 6 heteroatoms. The lowest BCUT2D eigenvalue weighted by Gasteiger charge is -2.27. The van der Waals surface area contributed by atoms with Crippen LogP contribution in [-0.4, -0.2) is 25.3 Å². The summed E-state index contributed by atoms with van der Waals surface area (Å²) < 4.78 is 27.7. The highest BCUT2D eigenvalue weighted by atomic mass is 79.9. The smallest absolute Gasteiger partial charge is 0.207 e. The summed E-state index contributed by atoms with van der Waals surface area (Å²) >= 11 is 4.80. The SMILES string of the molecule is Cc1sc(Br)cc1S(=O)(=O)N(CC(C)C)C(C)C. The van der Waals surface area contributed by atoms with E-state index in [-0.39, 0.29) is 6.04 Å². The van der Waals surface area contributed by atoms with E-state index >= 15 is 0 Å². The van der Waals surface area contributed by atoms with E-state index in [0.717, 1.165) is 8.66 Å². The van der Waals surface area contributed by atoms with Crippen LogP contribution in [0.4, 0.5) is 0 Å². The molecule has 18 heavy (non-hydrogen) atoms. The van der Waals surface area contributed by atoms with Crippen molar-refractivity contribution >= 4 is 37.3 Å². The Kier molecular flexibility index (Phi) is 5.41. The molecule has 0 spiro atoms. The molecule has 3 nitrogen and oxygen atoms in total. The quantitative estimate of drug-likeness (QED) is 0.805. The normalized spacial score (nSPS) is 12.9. The van der Waals surface area contributed by atoms with Gasteiger partial charge in [0.05, 0.1) is 8.68 Å². The van der Waals surface area contributed by atoms with Gasteiger partial charge in [-0.3, -0.25) is 0 Å². The number of sulfonamides is 1. The second-order valence-electron chi connectivity index (χ2n) is 5.03. The average Bonchev–Trinajstić information content (AvgIpc) is 2.54. The summed E-state index contributed by atoms with van der Waals surface area (Å²) in [6.45, 7) is 10.3. The van der Waals surface area contributed by atoms with Gasteiger partial charge in [0.2, 0.25) is 10.0 Å². The topological polar surface area (TPSA) is 37.4 Å². The number of nitrogens with zero attached hydrogens (tertiary/aromatic N) is 1. The first-order valence-electron chi connectivity index (χ1n) is 5.94. The lowest BCUT2D eigenvalue weighted by Crippen LogP contribution is -2.39. The largest absolute Gasteiger partial charge is 0.244 e. The van der Waals surface area contributed by atoms with Crippen molar-refractivity contribution in [3.05, 3.63) is 14.7 Å². The first kappa shape index (κ1) is 16.1. The fraction of sp³-hybridized carbons (Fsp3) is 0.667. The van der Waals surface area contributed by atoms with Gasteiger partial charge >= 0.3 is 0 Å². The molecule has 0 radical (unpaired) electrons. The molecule has 104 valence electrons. The lowest BCUT2D eigenvalue weighted by molar-refractivity contribution is 0.319. The van der Waals surface area contributed by atoms with Crippen molar-refractivity contribution in [1.82, 2.24) is 4.31 Å². The minimum atomic E-state index is -3.39. The summed E-state index contributed by atoms with van der Waals surface area (Å²) in [6.07, 6.45) is 0. The first-order chi connectivity index (χ1) is 8.16. The Labute approximate surface area is 122 Å². The summed E-state index contributed by atoms with van der Waals surface area (Å²) in [5.41, 5.74) is 0. The Bertz CT molecular complexity index is 506. The number of hydrogen-bond acceptors (Lipinski definition) is 3. The van der Waals surface area contributed by atoms with E-state index in [1.807, 2.05) is 34.6 Å². The number of aryl methyl sites for hydroxylation is 1. The van der Waals surface area contributed by atoms with Crippen LogP contribution in [0.5, 0.6) is 0 Å². The highest BCUT2D eigenvalue weighted by Gasteiger charge is 2.30. The maximum Gasteiger partial charge on any atom is 0.244 e. The average molecular weight is 354 g/mol. The van der Waals surface area contributed by atoms with Gasteiger partial charge in [-0.05, 0) is 48.7 Å².